The van der Waals surface area contributed by atoms with Gasteiger partial charge in [0.05, 0.1) is 0 Å². The Labute approximate surface area is 91.7 Å². The molecule has 0 aliphatic heterocycles. The molecule has 15 heavy (non-hydrogen) atoms. The van der Waals surface area contributed by atoms with Gasteiger partial charge in [-0.15, -0.1) is 0 Å². The summed E-state index contributed by atoms with van der Waals surface area (Å²) in [4.78, 5) is 21.7. The third kappa shape index (κ3) is 5.51. The van der Waals surface area contributed by atoms with Crippen molar-refractivity contribution in [3.8, 4) is 0 Å². The minimum atomic E-state index is -1.65. The van der Waals surface area contributed by atoms with Gasteiger partial charge in [-0.05, 0) is 20.3 Å². The number of carboxylic acid groups (broad SMARTS) is 1. The minimum absolute atomic E-state index is 0.0155. The lowest BCUT2D eigenvalue weighted by molar-refractivity contribution is -0.133. The molecule has 6 heteroatoms. The summed E-state index contributed by atoms with van der Waals surface area (Å²) in [5, 5.41) is 10.3. The number of aliphatic carboxylic acids is 1. The zero-order valence-corrected chi connectivity index (χ0v) is 9.97. The Morgan fingerprint density at radius 3 is 2.33 bits per heavy atom. The highest BCUT2D eigenvalue weighted by molar-refractivity contribution is 7.87. The van der Waals surface area contributed by atoms with E-state index in [9.17, 15) is 13.8 Å². The van der Waals surface area contributed by atoms with Gasteiger partial charge in [0.1, 0.15) is 11.0 Å². The van der Waals surface area contributed by atoms with Gasteiger partial charge in [-0.3, -0.25) is 13.8 Å². The highest BCUT2D eigenvalue weighted by Gasteiger charge is 2.22. The van der Waals surface area contributed by atoms with E-state index in [1.54, 1.807) is 0 Å². The van der Waals surface area contributed by atoms with Gasteiger partial charge in [0, 0.05) is 16.8 Å². The van der Waals surface area contributed by atoms with Crippen LogP contribution in [-0.2, 0) is 20.4 Å². The molecule has 2 N–H and O–H groups in total. The van der Waals surface area contributed by atoms with E-state index in [-0.39, 0.29) is 11.9 Å². The summed E-state index contributed by atoms with van der Waals surface area (Å²) in [7, 11) is -1.65. The molecule has 3 atom stereocenters. The molecule has 0 rings (SSSR count). The Kier molecular flexibility index (Phi) is 6.15. The van der Waals surface area contributed by atoms with E-state index in [1.165, 1.54) is 6.92 Å². The van der Waals surface area contributed by atoms with Crippen LogP contribution in [0.5, 0.6) is 0 Å². The van der Waals surface area contributed by atoms with Crippen LogP contribution in [0.25, 0.3) is 0 Å². The Balaban J connectivity index is 4.19. The zero-order valence-electron chi connectivity index (χ0n) is 9.15. The molecule has 0 radical (unpaired) electrons. The molecule has 3 unspecified atom stereocenters. The number of carbonyl (C=O) groups excluding carboxylic acids is 1. The summed E-state index contributed by atoms with van der Waals surface area (Å²) in [6, 6.07) is 0.0155. The van der Waals surface area contributed by atoms with Crippen molar-refractivity contribution in [3.05, 3.63) is 0 Å². The molecular formula is C9H17NO4S. The van der Waals surface area contributed by atoms with Crippen LogP contribution in [0, 0.1) is 0 Å². The average Bonchev–Trinajstić information content (AvgIpc) is 2.15. The molecule has 0 aromatic rings. The molecule has 88 valence electrons. The van der Waals surface area contributed by atoms with Crippen molar-refractivity contribution < 1.29 is 18.9 Å². The number of carboxylic acids is 1. The first-order chi connectivity index (χ1) is 6.88. The van der Waals surface area contributed by atoms with E-state index < -0.39 is 27.8 Å². The van der Waals surface area contributed by atoms with Gasteiger partial charge in [-0.2, -0.15) is 0 Å². The highest BCUT2D eigenvalue weighted by Crippen LogP contribution is 1.98. The fourth-order valence-corrected chi connectivity index (χ4v) is 1.63. The van der Waals surface area contributed by atoms with Crippen LogP contribution in [0.2, 0.25) is 0 Å². The highest BCUT2D eigenvalue weighted by atomic mass is 32.2. The quantitative estimate of drug-likeness (QED) is 0.685. The molecule has 0 fully saturated rings. The molecule has 0 aliphatic rings. The van der Waals surface area contributed by atoms with Crippen molar-refractivity contribution in [3.63, 3.8) is 0 Å². The third-order valence-electron chi connectivity index (χ3n) is 2.03. The second kappa shape index (κ2) is 6.55. The topological polar surface area (TPSA) is 83.5 Å². The Morgan fingerprint density at radius 1 is 1.40 bits per heavy atom. The smallest absolute Gasteiger partial charge is 0.316 e. The lowest BCUT2D eigenvalue weighted by Crippen LogP contribution is -2.41. The van der Waals surface area contributed by atoms with Crippen molar-refractivity contribution in [1.82, 2.24) is 5.32 Å². The van der Waals surface area contributed by atoms with Crippen LogP contribution in [0.15, 0.2) is 0 Å². The molecule has 0 spiro atoms. The van der Waals surface area contributed by atoms with Gasteiger partial charge in [0.2, 0.25) is 5.91 Å². The maximum Gasteiger partial charge on any atom is 0.316 e. The summed E-state index contributed by atoms with van der Waals surface area (Å²) in [5.41, 5.74) is 0. The SMILES string of the molecule is CCC(C)NC(=O)C(C)S(=O)CC(=O)O. The van der Waals surface area contributed by atoms with Crippen molar-refractivity contribution in [2.24, 2.45) is 0 Å². The monoisotopic (exact) mass is 235 g/mol. The number of amides is 1. The van der Waals surface area contributed by atoms with E-state index in [4.69, 9.17) is 5.11 Å². The summed E-state index contributed by atoms with van der Waals surface area (Å²) in [6.45, 7) is 5.23. The standard InChI is InChI=1S/C9H17NO4S/c1-4-6(2)10-9(13)7(3)15(14)5-8(11)12/h6-7H,4-5H2,1-3H3,(H,10,13)(H,11,12). The minimum Gasteiger partial charge on any atom is -0.481 e. The molecule has 0 bridgehead atoms. The molecular weight excluding hydrogens is 218 g/mol. The van der Waals surface area contributed by atoms with Crippen LogP contribution >= 0.6 is 0 Å². The van der Waals surface area contributed by atoms with E-state index >= 15 is 0 Å². The van der Waals surface area contributed by atoms with Crippen LogP contribution in [0.1, 0.15) is 27.2 Å². The maximum atomic E-state index is 11.4. The van der Waals surface area contributed by atoms with Gasteiger partial charge in [0.15, 0.2) is 0 Å². The number of rotatable bonds is 6. The first-order valence-corrected chi connectivity index (χ1v) is 6.16. The van der Waals surface area contributed by atoms with E-state index in [1.807, 2.05) is 13.8 Å². The molecule has 0 saturated heterocycles. The van der Waals surface area contributed by atoms with Crippen LogP contribution in [0.4, 0.5) is 0 Å². The van der Waals surface area contributed by atoms with Crippen molar-refractivity contribution in [2.45, 2.75) is 38.5 Å². The molecule has 0 aromatic heterocycles. The fourth-order valence-electron chi connectivity index (χ4n) is 0.828. The lowest BCUT2D eigenvalue weighted by atomic mass is 10.2. The first-order valence-electron chi connectivity index (χ1n) is 4.77. The molecule has 0 aromatic carbocycles. The van der Waals surface area contributed by atoms with Crippen molar-refractivity contribution in [2.75, 3.05) is 5.75 Å². The normalized spacial score (nSPS) is 16.5. The first kappa shape index (κ1) is 14.1. The molecule has 0 heterocycles. The third-order valence-corrected chi connectivity index (χ3v) is 3.56. The summed E-state index contributed by atoms with van der Waals surface area (Å²) in [6.07, 6.45) is 0.782. The number of nitrogens with one attached hydrogen (secondary N) is 1. The van der Waals surface area contributed by atoms with Crippen LogP contribution < -0.4 is 5.32 Å². The second-order valence-electron chi connectivity index (χ2n) is 3.38. The summed E-state index contributed by atoms with van der Waals surface area (Å²) >= 11 is 0. The molecule has 0 saturated carbocycles. The van der Waals surface area contributed by atoms with E-state index in [0.29, 0.717) is 0 Å². The number of hydrogen-bond donors (Lipinski definition) is 2. The molecule has 0 aliphatic carbocycles. The van der Waals surface area contributed by atoms with Gasteiger partial charge in [-0.1, -0.05) is 6.92 Å². The van der Waals surface area contributed by atoms with Crippen molar-refractivity contribution >= 4 is 22.7 Å². The Hall–Kier alpha value is -0.910. The predicted octanol–water partition coefficient (Wildman–Crippen LogP) is 0.123. The number of carbonyl (C=O) groups is 2. The lowest BCUT2D eigenvalue weighted by Gasteiger charge is -2.15. The largest absolute Gasteiger partial charge is 0.481 e. The van der Waals surface area contributed by atoms with Gasteiger partial charge in [-0.25, -0.2) is 0 Å². The summed E-state index contributed by atoms with van der Waals surface area (Å²) < 4.78 is 11.3. The van der Waals surface area contributed by atoms with Gasteiger partial charge >= 0.3 is 5.97 Å². The van der Waals surface area contributed by atoms with Crippen LogP contribution in [-0.4, -0.2) is 38.2 Å². The summed E-state index contributed by atoms with van der Waals surface area (Å²) in [5.74, 6) is -2.00. The van der Waals surface area contributed by atoms with Crippen LogP contribution in [0.3, 0.4) is 0 Å². The second-order valence-corrected chi connectivity index (χ2v) is 5.14. The molecule has 1 amide bonds. The zero-order chi connectivity index (χ0) is 12.0. The molecule has 5 nitrogen and oxygen atoms in total. The average molecular weight is 235 g/mol. The van der Waals surface area contributed by atoms with Gasteiger partial charge < -0.3 is 10.4 Å². The predicted molar refractivity (Wildman–Crippen MR) is 58.0 cm³/mol. The Morgan fingerprint density at radius 2 is 1.93 bits per heavy atom. The van der Waals surface area contributed by atoms with Crippen molar-refractivity contribution in [1.29, 1.82) is 0 Å². The van der Waals surface area contributed by atoms with E-state index in [0.717, 1.165) is 6.42 Å². The fraction of sp³-hybridized carbons (Fsp3) is 0.778. The van der Waals surface area contributed by atoms with Gasteiger partial charge in [0.25, 0.3) is 0 Å². The Bertz CT molecular complexity index is 267. The maximum absolute atomic E-state index is 11.4. The van der Waals surface area contributed by atoms with E-state index in [2.05, 4.69) is 5.32 Å². The number of hydrogen-bond acceptors (Lipinski definition) is 3.